The summed E-state index contributed by atoms with van der Waals surface area (Å²) in [6, 6.07) is 12.1. The van der Waals surface area contributed by atoms with E-state index in [4.69, 9.17) is 10.00 Å². The summed E-state index contributed by atoms with van der Waals surface area (Å²) in [7, 11) is 1.64. The van der Waals surface area contributed by atoms with Gasteiger partial charge in [-0.1, -0.05) is 25.6 Å². The van der Waals surface area contributed by atoms with Crippen LogP contribution in [0.4, 0.5) is 0 Å². The maximum atomic E-state index is 9.25. The van der Waals surface area contributed by atoms with Crippen LogP contribution in [0.3, 0.4) is 0 Å². The Morgan fingerprint density at radius 3 is 2.50 bits per heavy atom. The lowest BCUT2D eigenvalue weighted by Gasteiger charge is -2.13. The highest BCUT2D eigenvalue weighted by molar-refractivity contribution is 7.99. The van der Waals surface area contributed by atoms with Crippen LogP contribution < -0.4 is 4.74 Å². The molecule has 1 aromatic carbocycles. The summed E-state index contributed by atoms with van der Waals surface area (Å²) in [6.45, 7) is 5.10. The molecule has 26 heavy (non-hydrogen) atoms. The normalized spacial score (nSPS) is 11.8. The predicted octanol–water partition coefficient (Wildman–Crippen LogP) is 4.15. The maximum Gasteiger partial charge on any atom is 0.191 e. The summed E-state index contributed by atoms with van der Waals surface area (Å²) in [5.74, 6) is 2.50. The van der Waals surface area contributed by atoms with Crippen LogP contribution in [0.1, 0.15) is 26.7 Å². The lowest BCUT2D eigenvalue weighted by Crippen LogP contribution is -2.09. The zero-order valence-corrected chi connectivity index (χ0v) is 16.2. The number of hydrogen-bond acceptors (Lipinski definition) is 6. The molecule has 2 rings (SSSR count). The van der Waals surface area contributed by atoms with Crippen LogP contribution in [0.2, 0.25) is 0 Å². The molecule has 0 N–H and O–H groups in total. The molecule has 0 unspecified atom stereocenters. The molecule has 0 fully saturated rings. The first-order valence-electron chi connectivity index (χ1n) is 8.56. The molecule has 0 aliphatic carbocycles. The summed E-state index contributed by atoms with van der Waals surface area (Å²) in [4.78, 5) is 0. The molecule has 0 saturated heterocycles. The van der Waals surface area contributed by atoms with Crippen molar-refractivity contribution in [3.8, 4) is 29.3 Å². The van der Waals surface area contributed by atoms with Crippen molar-refractivity contribution in [1.29, 1.82) is 10.5 Å². The second-order valence-corrected chi connectivity index (χ2v) is 7.36. The third kappa shape index (κ3) is 5.24. The molecule has 0 saturated carbocycles. The van der Waals surface area contributed by atoms with Crippen molar-refractivity contribution >= 4 is 11.8 Å². The van der Waals surface area contributed by atoms with E-state index in [0.29, 0.717) is 24.5 Å². The Kier molecular flexibility index (Phi) is 7.50. The smallest absolute Gasteiger partial charge is 0.191 e. The van der Waals surface area contributed by atoms with E-state index in [9.17, 15) is 5.26 Å². The van der Waals surface area contributed by atoms with Gasteiger partial charge in [-0.3, -0.25) is 0 Å². The fourth-order valence-corrected chi connectivity index (χ4v) is 3.48. The van der Waals surface area contributed by atoms with Gasteiger partial charge < -0.3 is 9.30 Å². The molecule has 0 aliphatic rings. The van der Waals surface area contributed by atoms with Gasteiger partial charge in [0.1, 0.15) is 5.75 Å². The molecule has 7 heteroatoms. The number of nitriles is 2. The standard InChI is InChI=1S/C19H23N5OS/c1-14(2)12-24-18(16-6-8-17(25-3)9-7-16)22-23-19(24)26-13-15(11-21)5-4-10-20/h6-9,14-15H,4-5,12-13H2,1-3H3/t15-/m1/s1. The van der Waals surface area contributed by atoms with Gasteiger partial charge in [-0.15, -0.1) is 10.2 Å². The van der Waals surface area contributed by atoms with E-state index in [-0.39, 0.29) is 5.92 Å². The molecule has 6 nitrogen and oxygen atoms in total. The Hall–Kier alpha value is -2.51. The van der Waals surface area contributed by atoms with E-state index < -0.39 is 0 Å². The largest absolute Gasteiger partial charge is 0.497 e. The number of rotatable bonds is 9. The van der Waals surface area contributed by atoms with Gasteiger partial charge >= 0.3 is 0 Å². The topological polar surface area (TPSA) is 87.5 Å². The van der Waals surface area contributed by atoms with Crippen LogP contribution in [0.15, 0.2) is 29.4 Å². The van der Waals surface area contributed by atoms with Crippen LogP contribution in [0.5, 0.6) is 5.75 Å². The predicted molar refractivity (Wildman–Crippen MR) is 102 cm³/mol. The summed E-state index contributed by atoms with van der Waals surface area (Å²) in [5.41, 5.74) is 0.979. The first-order valence-corrected chi connectivity index (χ1v) is 9.54. The third-order valence-corrected chi connectivity index (χ3v) is 4.94. The Bertz CT molecular complexity index is 786. The van der Waals surface area contributed by atoms with Crippen molar-refractivity contribution in [3.05, 3.63) is 24.3 Å². The van der Waals surface area contributed by atoms with Crippen molar-refractivity contribution in [2.45, 2.75) is 38.4 Å². The Balaban J connectivity index is 2.22. The monoisotopic (exact) mass is 369 g/mol. The summed E-state index contributed by atoms with van der Waals surface area (Å²) in [6.07, 6.45) is 0.984. The number of hydrogen-bond donors (Lipinski definition) is 0. The minimum Gasteiger partial charge on any atom is -0.497 e. The van der Waals surface area contributed by atoms with Crippen molar-refractivity contribution < 1.29 is 4.74 Å². The summed E-state index contributed by atoms with van der Waals surface area (Å²) >= 11 is 1.53. The number of benzene rings is 1. The van der Waals surface area contributed by atoms with E-state index in [1.54, 1.807) is 7.11 Å². The van der Waals surface area contributed by atoms with Crippen LogP contribution in [-0.2, 0) is 6.54 Å². The fraction of sp³-hybridized carbons (Fsp3) is 0.474. The summed E-state index contributed by atoms with van der Waals surface area (Å²) < 4.78 is 7.32. The second-order valence-electron chi connectivity index (χ2n) is 6.37. The molecular weight excluding hydrogens is 346 g/mol. The lowest BCUT2D eigenvalue weighted by atomic mass is 10.1. The molecule has 136 valence electrons. The van der Waals surface area contributed by atoms with E-state index in [1.807, 2.05) is 24.3 Å². The van der Waals surface area contributed by atoms with Gasteiger partial charge in [0, 0.05) is 24.3 Å². The van der Waals surface area contributed by atoms with E-state index in [1.165, 1.54) is 11.8 Å². The highest BCUT2D eigenvalue weighted by atomic mass is 32.2. The van der Waals surface area contributed by atoms with E-state index in [0.717, 1.165) is 28.8 Å². The molecule has 2 aromatic rings. The molecule has 1 atom stereocenters. The van der Waals surface area contributed by atoms with Gasteiger partial charge in [0.15, 0.2) is 11.0 Å². The molecule has 0 bridgehead atoms. The van der Waals surface area contributed by atoms with E-state index in [2.05, 4.69) is 40.8 Å². The quantitative estimate of drug-likeness (QED) is 0.617. The first-order chi connectivity index (χ1) is 12.6. The number of thioether (sulfide) groups is 1. The third-order valence-electron chi connectivity index (χ3n) is 3.81. The Labute approximate surface area is 158 Å². The molecule has 0 amide bonds. The molecule has 1 heterocycles. The molecule has 0 radical (unpaired) electrons. The van der Waals surface area contributed by atoms with Crippen LogP contribution in [0, 0.1) is 34.5 Å². The lowest BCUT2D eigenvalue weighted by molar-refractivity contribution is 0.415. The summed E-state index contributed by atoms with van der Waals surface area (Å²) in [5, 5.41) is 27.5. The van der Waals surface area contributed by atoms with Crippen LogP contribution >= 0.6 is 11.8 Å². The average Bonchev–Trinajstić information content (AvgIpc) is 3.04. The highest BCUT2D eigenvalue weighted by Crippen LogP contribution is 2.28. The fourth-order valence-electron chi connectivity index (χ4n) is 2.48. The number of aromatic nitrogens is 3. The number of nitrogens with zero attached hydrogens (tertiary/aromatic N) is 5. The van der Waals surface area contributed by atoms with Gasteiger partial charge in [-0.05, 0) is 36.6 Å². The van der Waals surface area contributed by atoms with Crippen molar-refractivity contribution in [3.63, 3.8) is 0 Å². The van der Waals surface area contributed by atoms with Crippen LogP contribution in [0.25, 0.3) is 11.4 Å². The molecule has 0 spiro atoms. The number of ether oxygens (including phenoxy) is 1. The minimum absolute atomic E-state index is 0.159. The Morgan fingerprint density at radius 1 is 1.19 bits per heavy atom. The van der Waals surface area contributed by atoms with Gasteiger partial charge in [0.2, 0.25) is 0 Å². The van der Waals surface area contributed by atoms with Gasteiger partial charge in [0.25, 0.3) is 0 Å². The zero-order chi connectivity index (χ0) is 18.9. The van der Waals surface area contributed by atoms with Gasteiger partial charge in [-0.2, -0.15) is 10.5 Å². The number of methoxy groups -OCH3 is 1. The SMILES string of the molecule is COc1ccc(-c2nnc(SC[C@@H](C#N)CCC#N)n2CC(C)C)cc1. The molecule has 1 aromatic heterocycles. The van der Waals surface area contributed by atoms with Crippen molar-refractivity contribution in [2.24, 2.45) is 11.8 Å². The van der Waals surface area contributed by atoms with Gasteiger partial charge in [0.05, 0.1) is 25.2 Å². The second kappa shape index (κ2) is 9.84. The van der Waals surface area contributed by atoms with Crippen molar-refractivity contribution in [2.75, 3.05) is 12.9 Å². The van der Waals surface area contributed by atoms with Gasteiger partial charge in [-0.25, -0.2) is 0 Å². The minimum atomic E-state index is -0.159. The molecule has 0 aliphatic heterocycles. The maximum absolute atomic E-state index is 9.25. The average molecular weight is 369 g/mol. The Morgan fingerprint density at radius 2 is 1.92 bits per heavy atom. The molecular formula is C19H23N5OS. The highest BCUT2D eigenvalue weighted by Gasteiger charge is 2.17. The van der Waals surface area contributed by atoms with Crippen molar-refractivity contribution in [1.82, 2.24) is 14.8 Å². The zero-order valence-electron chi connectivity index (χ0n) is 15.3. The van der Waals surface area contributed by atoms with Crippen LogP contribution in [-0.4, -0.2) is 27.6 Å². The first kappa shape index (κ1) is 19.8. The van der Waals surface area contributed by atoms with E-state index >= 15 is 0 Å².